The van der Waals surface area contributed by atoms with Crippen LogP contribution in [0, 0.1) is 0 Å². The van der Waals surface area contributed by atoms with Gasteiger partial charge in [0.1, 0.15) is 0 Å². The number of carboxylic acids is 1. The van der Waals surface area contributed by atoms with Crippen molar-refractivity contribution >= 4 is 24.1 Å². The number of rotatable bonds is 7. The number of carbonyl (C=O) groups is 1. The molecular formula is C22H23O4P. The Labute approximate surface area is 158 Å². The van der Waals surface area contributed by atoms with E-state index in [-0.39, 0.29) is 6.16 Å². The maximum absolute atomic E-state index is 13.3. The fraction of sp³-hybridized carbons (Fsp3) is 0.227. The number of hydrogen-bond donors (Lipinski definition) is 2. The van der Waals surface area contributed by atoms with E-state index < -0.39 is 24.9 Å². The van der Waals surface area contributed by atoms with Gasteiger partial charge >= 0.3 is 5.97 Å². The summed E-state index contributed by atoms with van der Waals surface area (Å²) < 4.78 is 13.3. The molecule has 0 bridgehead atoms. The molecule has 140 valence electrons. The second-order valence-corrected chi connectivity index (χ2v) is 9.27. The zero-order valence-corrected chi connectivity index (χ0v) is 16.0. The minimum Gasteiger partial charge on any atom is -0.481 e. The Morgan fingerprint density at radius 2 is 1.56 bits per heavy atom. The lowest BCUT2D eigenvalue weighted by molar-refractivity contribution is -0.138. The molecule has 0 saturated carbocycles. The van der Waals surface area contributed by atoms with Crippen molar-refractivity contribution in [3.63, 3.8) is 0 Å². The molecule has 0 aliphatic carbocycles. The van der Waals surface area contributed by atoms with Crippen molar-refractivity contribution in [2.75, 3.05) is 6.16 Å². The molecule has 0 amide bonds. The average Bonchev–Trinajstić information content (AvgIpc) is 2.67. The summed E-state index contributed by atoms with van der Waals surface area (Å²) in [4.78, 5) is 22.6. The Morgan fingerprint density at radius 3 is 2.19 bits per heavy atom. The van der Waals surface area contributed by atoms with Crippen LogP contribution >= 0.6 is 7.37 Å². The molecule has 0 heterocycles. The molecule has 5 heteroatoms. The van der Waals surface area contributed by atoms with Crippen LogP contribution in [0.2, 0.25) is 0 Å². The highest BCUT2D eigenvalue weighted by Crippen LogP contribution is 2.59. The Kier molecular flexibility index (Phi) is 5.79. The zero-order valence-electron chi connectivity index (χ0n) is 15.2. The molecule has 4 nitrogen and oxygen atoms in total. The lowest BCUT2D eigenvalue weighted by Gasteiger charge is -2.25. The molecule has 0 fully saturated rings. The van der Waals surface area contributed by atoms with Crippen molar-refractivity contribution in [3.8, 4) is 0 Å². The number of hydrogen-bond acceptors (Lipinski definition) is 2. The molecule has 0 radical (unpaired) electrons. The van der Waals surface area contributed by atoms with Crippen LogP contribution in [0.4, 0.5) is 0 Å². The minimum absolute atomic E-state index is 0.280. The number of benzene rings is 3. The van der Waals surface area contributed by atoms with E-state index >= 15 is 0 Å². The van der Waals surface area contributed by atoms with Gasteiger partial charge < -0.3 is 10.00 Å². The standard InChI is InChI=1S/C22H23O4P/c1-2-21(19-13-12-16-8-6-7-11-18(16)14-19)27(25,26)15-20(22(23)24)17-9-4-3-5-10-17/h3-14,20-21H,2,15H2,1H3,(H,23,24)(H,25,26). The van der Waals surface area contributed by atoms with Crippen LogP contribution in [-0.2, 0) is 9.36 Å². The third-order valence-electron chi connectivity index (χ3n) is 4.98. The van der Waals surface area contributed by atoms with Crippen molar-refractivity contribution in [1.82, 2.24) is 0 Å². The molecule has 3 unspecified atom stereocenters. The summed E-state index contributed by atoms with van der Waals surface area (Å²) in [6, 6.07) is 22.3. The number of fused-ring (bicyclic) bond motifs is 1. The fourth-order valence-electron chi connectivity index (χ4n) is 3.57. The third kappa shape index (κ3) is 4.29. The van der Waals surface area contributed by atoms with E-state index in [9.17, 15) is 19.4 Å². The van der Waals surface area contributed by atoms with Crippen LogP contribution < -0.4 is 0 Å². The summed E-state index contributed by atoms with van der Waals surface area (Å²) in [5, 5.41) is 11.7. The first-order valence-electron chi connectivity index (χ1n) is 9.00. The summed E-state index contributed by atoms with van der Waals surface area (Å²) in [6.07, 6.45) is 0.185. The quantitative estimate of drug-likeness (QED) is 0.534. The van der Waals surface area contributed by atoms with Crippen molar-refractivity contribution in [1.29, 1.82) is 0 Å². The van der Waals surface area contributed by atoms with Crippen LogP contribution in [0.1, 0.15) is 36.0 Å². The topological polar surface area (TPSA) is 74.6 Å². The summed E-state index contributed by atoms with van der Waals surface area (Å²) in [6.45, 7) is 1.86. The number of carboxylic acid groups (broad SMARTS) is 1. The van der Waals surface area contributed by atoms with Gasteiger partial charge in [-0.05, 0) is 28.3 Å². The lowest BCUT2D eigenvalue weighted by Crippen LogP contribution is -2.18. The average molecular weight is 382 g/mol. The number of aliphatic carboxylic acids is 1. The van der Waals surface area contributed by atoms with Gasteiger partial charge in [-0.2, -0.15) is 0 Å². The maximum atomic E-state index is 13.3. The van der Waals surface area contributed by atoms with Crippen LogP contribution in [0.25, 0.3) is 10.8 Å². The summed E-state index contributed by atoms with van der Waals surface area (Å²) >= 11 is 0. The van der Waals surface area contributed by atoms with E-state index in [2.05, 4.69) is 0 Å². The van der Waals surface area contributed by atoms with Gasteiger partial charge in [-0.25, -0.2) is 0 Å². The highest BCUT2D eigenvalue weighted by atomic mass is 31.2. The van der Waals surface area contributed by atoms with Gasteiger partial charge in [0.15, 0.2) is 0 Å². The Balaban J connectivity index is 1.94. The van der Waals surface area contributed by atoms with Gasteiger partial charge in [0, 0.05) is 6.16 Å². The van der Waals surface area contributed by atoms with Crippen LogP contribution in [0.15, 0.2) is 72.8 Å². The van der Waals surface area contributed by atoms with Gasteiger partial charge in [-0.3, -0.25) is 9.36 Å². The van der Waals surface area contributed by atoms with Crippen LogP contribution in [-0.4, -0.2) is 22.1 Å². The molecule has 3 atom stereocenters. The fourth-order valence-corrected chi connectivity index (χ4v) is 5.91. The summed E-state index contributed by atoms with van der Waals surface area (Å²) in [5.41, 5.74) is 0.736. The molecule has 0 aliphatic rings. The summed E-state index contributed by atoms with van der Waals surface area (Å²) in [7, 11) is -3.76. The van der Waals surface area contributed by atoms with Crippen molar-refractivity contribution in [2.24, 2.45) is 0 Å². The SMILES string of the molecule is CCC(c1ccc2ccccc2c1)P(=O)(O)CC(C(=O)O)c1ccccc1. The Hall–Kier alpha value is -2.42. The first-order chi connectivity index (χ1) is 12.9. The van der Waals surface area contributed by atoms with Crippen LogP contribution in [0.3, 0.4) is 0 Å². The van der Waals surface area contributed by atoms with E-state index in [0.717, 1.165) is 16.3 Å². The van der Waals surface area contributed by atoms with E-state index in [4.69, 9.17) is 0 Å². The van der Waals surface area contributed by atoms with Crippen molar-refractivity contribution < 1.29 is 19.4 Å². The van der Waals surface area contributed by atoms with Crippen molar-refractivity contribution in [3.05, 3.63) is 83.9 Å². The van der Waals surface area contributed by atoms with Gasteiger partial charge in [0.2, 0.25) is 7.37 Å². The molecule has 0 spiro atoms. The molecule has 3 aromatic rings. The van der Waals surface area contributed by atoms with Gasteiger partial charge in [-0.15, -0.1) is 0 Å². The van der Waals surface area contributed by atoms with E-state index in [1.165, 1.54) is 0 Å². The zero-order chi connectivity index (χ0) is 19.4. The first kappa shape index (κ1) is 19.3. The molecule has 27 heavy (non-hydrogen) atoms. The van der Waals surface area contributed by atoms with Crippen molar-refractivity contribution in [2.45, 2.75) is 24.9 Å². The minimum atomic E-state index is -3.76. The van der Waals surface area contributed by atoms with Gasteiger partial charge in [-0.1, -0.05) is 79.7 Å². The molecule has 3 rings (SSSR count). The Morgan fingerprint density at radius 1 is 0.926 bits per heavy atom. The second-order valence-electron chi connectivity index (χ2n) is 6.77. The van der Waals surface area contributed by atoms with Crippen LogP contribution in [0.5, 0.6) is 0 Å². The first-order valence-corrected chi connectivity index (χ1v) is 10.9. The summed E-state index contributed by atoms with van der Waals surface area (Å²) in [5.74, 6) is -2.08. The molecule has 0 aromatic heterocycles. The normalized spacial score (nSPS) is 15.8. The maximum Gasteiger partial charge on any atom is 0.311 e. The van der Waals surface area contributed by atoms with Gasteiger partial charge in [0.25, 0.3) is 0 Å². The highest BCUT2D eigenvalue weighted by Gasteiger charge is 2.36. The monoisotopic (exact) mass is 382 g/mol. The molecule has 2 N–H and O–H groups in total. The predicted molar refractivity (Wildman–Crippen MR) is 108 cm³/mol. The lowest BCUT2D eigenvalue weighted by atomic mass is 10.0. The molecule has 3 aromatic carbocycles. The van der Waals surface area contributed by atoms with E-state index in [1.54, 1.807) is 30.3 Å². The third-order valence-corrected chi connectivity index (χ3v) is 7.50. The predicted octanol–water partition coefficient (Wildman–Crippen LogP) is 5.43. The van der Waals surface area contributed by atoms with E-state index in [1.807, 2.05) is 49.4 Å². The molecular weight excluding hydrogens is 359 g/mol. The highest BCUT2D eigenvalue weighted by molar-refractivity contribution is 7.58. The Bertz CT molecular complexity index is 984. The van der Waals surface area contributed by atoms with Gasteiger partial charge in [0.05, 0.1) is 11.6 Å². The second kappa shape index (κ2) is 8.08. The molecule has 0 aliphatic heterocycles. The smallest absolute Gasteiger partial charge is 0.311 e. The largest absolute Gasteiger partial charge is 0.481 e. The molecule has 0 saturated heterocycles. The van der Waals surface area contributed by atoms with E-state index in [0.29, 0.717) is 12.0 Å².